The highest BCUT2D eigenvalue weighted by Gasteiger charge is 2.30. The first-order valence-corrected chi connectivity index (χ1v) is 11.0. The molecule has 0 unspecified atom stereocenters. The third kappa shape index (κ3) is 4.60. The van der Waals surface area contributed by atoms with Crippen molar-refractivity contribution in [2.24, 2.45) is 0 Å². The maximum absolute atomic E-state index is 13.5. The van der Waals surface area contributed by atoms with Gasteiger partial charge in [-0.3, -0.25) is 0 Å². The van der Waals surface area contributed by atoms with Crippen molar-refractivity contribution in [1.29, 1.82) is 0 Å². The number of nitrogens with one attached hydrogen (secondary N) is 1. The van der Waals surface area contributed by atoms with Gasteiger partial charge in [-0.2, -0.15) is 0 Å². The van der Waals surface area contributed by atoms with Crippen LogP contribution < -0.4 is 14.1 Å². The lowest BCUT2D eigenvalue weighted by molar-refractivity contribution is 0.393. The molecule has 0 spiro atoms. The van der Waals surface area contributed by atoms with E-state index in [0.29, 0.717) is 16.6 Å². The second-order valence-electron chi connectivity index (χ2n) is 5.82. The molecule has 1 N–H and O–H groups in total. The third-order valence-electron chi connectivity index (χ3n) is 3.74. The van der Waals surface area contributed by atoms with Crippen molar-refractivity contribution in [3.63, 3.8) is 0 Å². The van der Waals surface area contributed by atoms with E-state index in [1.165, 1.54) is 11.3 Å². The lowest BCUT2D eigenvalue weighted by Gasteiger charge is -2.19. The lowest BCUT2D eigenvalue weighted by Crippen LogP contribution is -2.09. The summed E-state index contributed by atoms with van der Waals surface area (Å²) in [5, 5.41) is 5.21. The molecule has 140 valence electrons. The fourth-order valence-electron chi connectivity index (χ4n) is 2.49. The molecular formula is C21H17N2O3PS. The van der Waals surface area contributed by atoms with Gasteiger partial charge in [-0.15, -0.1) is 11.3 Å². The summed E-state index contributed by atoms with van der Waals surface area (Å²) in [6, 6.07) is 27.6. The number of thiazole rings is 1. The number of benzene rings is 3. The fraction of sp³-hybridized carbons (Fsp3) is 0. The van der Waals surface area contributed by atoms with Gasteiger partial charge in [0, 0.05) is 10.9 Å². The molecule has 0 radical (unpaired) electrons. The smallest absolute Gasteiger partial charge is 0.400 e. The van der Waals surface area contributed by atoms with Gasteiger partial charge in [0.15, 0.2) is 5.13 Å². The number of aromatic nitrogens is 1. The first kappa shape index (κ1) is 18.3. The predicted octanol–water partition coefficient (Wildman–Crippen LogP) is 6.49. The topological polar surface area (TPSA) is 60.5 Å². The molecule has 0 saturated heterocycles. The van der Waals surface area contributed by atoms with Gasteiger partial charge in [-0.25, -0.2) is 14.6 Å². The third-order valence-corrected chi connectivity index (χ3v) is 6.04. The van der Waals surface area contributed by atoms with Gasteiger partial charge in [0.2, 0.25) is 0 Å². The molecule has 7 heteroatoms. The molecule has 3 aromatic carbocycles. The van der Waals surface area contributed by atoms with E-state index in [-0.39, 0.29) is 0 Å². The van der Waals surface area contributed by atoms with Crippen LogP contribution in [-0.4, -0.2) is 4.98 Å². The largest absolute Gasteiger partial charge is 0.543 e. The van der Waals surface area contributed by atoms with Gasteiger partial charge in [-0.05, 0) is 24.3 Å². The van der Waals surface area contributed by atoms with E-state index in [1.807, 2.05) is 47.8 Å². The lowest BCUT2D eigenvalue weighted by atomic mass is 10.2. The van der Waals surface area contributed by atoms with Gasteiger partial charge >= 0.3 is 7.75 Å². The van der Waals surface area contributed by atoms with E-state index < -0.39 is 7.75 Å². The van der Waals surface area contributed by atoms with E-state index >= 15 is 0 Å². The van der Waals surface area contributed by atoms with Crippen molar-refractivity contribution in [3.8, 4) is 22.8 Å². The minimum Gasteiger partial charge on any atom is -0.400 e. The van der Waals surface area contributed by atoms with E-state index in [2.05, 4.69) is 10.1 Å². The Hall–Kier alpha value is -3.08. The molecule has 0 aliphatic carbocycles. The number of hydrogen-bond donors (Lipinski definition) is 1. The van der Waals surface area contributed by atoms with Crippen molar-refractivity contribution in [1.82, 2.24) is 4.98 Å². The molecule has 4 rings (SSSR count). The van der Waals surface area contributed by atoms with Crippen LogP contribution in [0.5, 0.6) is 11.5 Å². The van der Waals surface area contributed by atoms with Crippen LogP contribution in [-0.2, 0) is 4.57 Å². The summed E-state index contributed by atoms with van der Waals surface area (Å²) < 4.78 is 24.9. The molecule has 28 heavy (non-hydrogen) atoms. The summed E-state index contributed by atoms with van der Waals surface area (Å²) in [7, 11) is -3.77. The van der Waals surface area contributed by atoms with Crippen molar-refractivity contribution >= 4 is 24.2 Å². The highest BCUT2D eigenvalue weighted by molar-refractivity contribution is 7.56. The van der Waals surface area contributed by atoms with Crippen LogP contribution in [0.4, 0.5) is 5.13 Å². The van der Waals surface area contributed by atoms with Gasteiger partial charge in [0.1, 0.15) is 11.5 Å². The number of rotatable bonds is 7. The maximum atomic E-state index is 13.5. The number of anilines is 1. The zero-order valence-corrected chi connectivity index (χ0v) is 16.5. The zero-order chi connectivity index (χ0) is 19.2. The molecule has 0 fully saturated rings. The van der Waals surface area contributed by atoms with Crippen LogP contribution in [0.15, 0.2) is 96.4 Å². The summed E-state index contributed by atoms with van der Waals surface area (Å²) in [5.74, 6) is 0.878. The molecule has 0 saturated carbocycles. The molecule has 4 aromatic rings. The van der Waals surface area contributed by atoms with Crippen molar-refractivity contribution < 1.29 is 13.6 Å². The Bertz CT molecular complexity index is 1030. The normalized spacial score (nSPS) is 11.0. The predicted molar refractivity (Wildman–Crippen MR) is 113 cm³/mol. The second-order valence-corrected chi connectivity index (χ2v) is 8.26. The van der Waals surface area contributed by atoms with Crippen LogP contribution in [0.1, 0.15) is 0 Å². The average Bonchev–Trinajstić information content (AvgIpc) is 3.18. The van der Waals surface area contributed by atoms with Gasteiger partial charge < -0.3 is 9.05 Å². The van der Waals surface area contributed by atoms with Crippen molar-refractivity contribution in [2.75, 3.05) is 5.09 Å². The molecule has 0 aliphatic rings. The van der Waals surface area contributed by atoms with E-state index in [1.54, 1.807) is 48.5 Å². The minimum atomic E-state index is -3.77. The van der Waals surface area contributed by atoms with Gasteiger partial charge in [0.05, 0.1) is 5.69 Å². The highest BCUT2D eigenvalue weighted by atomic mass is 32.1. The van der Waals surface area contributed by atoms with Crippen LogP contribution in [0.2, 0.25) is 0 Å². The van der Waals surface area contributed by atoms with Crippen LogP contribution >= 0.6 is 19.1 Å². The molecule has 0 amide bonds. The molecule has 0 atom stereocenters. The quantitative estimate of drug-likeness (QED) is 0.354. The monoisotopic (exact) mass is 408 g/mol. The molecule has 1 heterocycles. The number of para-hydroxylation sites is 2. The number of nitrogens with zero attached hydrogens (tertiary/aromatic N) is 1. The van der Waals surface area contributed by atoms with Crippen LogP contribution in [0.25, 0.3) is 11.3 Å². The first-order valence-electron chi connectivity index (χ1n) is 8.59. The van der Waals surface area contributed by atoms with E-state index in [9.17, 15) is 4.57 Å². The molecule has 0 bridgehead atoms. The van der Waals surface area contributed by atoms with Crippen LogP contribution in [0.3, 0.4) is 0 Å². The maximum Gasteiger partial charge on any atom is 0.543 e. The Balaban J connectivity index is 1.60. The Morgan fingerprint density at radius 2 is 1.25 bits per heavy atom. The van der Waals surface area contributed by atoms with Gasteiger partial charge in [0.25, 0.3) is 0 Å². The Morgan fingerprint density at radius 3 is 1.79 bits per heavy atom. The van der Waals surface area contributed by atoms with Crippen molar-refractivity contribution in [2.45, 2.75) is 0 Å². The molecule has 1 aromatic heterocycles. The fourth-order valence-corrected chi connectivity index (χ4v) is 4.81. The molecule has 0 aliphatic heterocycles. The van der Waals surface area contributed by atoms with Crippen molar-refractivity contribution in [3.05, 3.63) is 96.4 Å². The summed E-state index contributed by atoms with van der Waals surface area (Å²) in [6.07, 6.45) is 0. The Morgan fingerprint density at radius 1 is 0.750 bits per heavy atom. The Kier molecular flexibility index (Phi) is 5.42. The average molecular weight is 408 g/mol. The Labute approximate surface area is 167 Å². The summed E-state index contributed by atoms with van der Waals surface area (Å²) in [5.41, 5.74) is 1.77. The van der Waals surface area contributed by atoms with E-state index in [0.717, 1.165) is 11.3 Å². The van der Waals surface area contributed by atoms with E-state index in [4.69, 9.17) is 9.05 Å². The highest BCUT2D eigenvalue weighted by Crippen LogP contribution is 2.49. The molecular weight excluding hydrogens is 391 g/mol. The summed E-state index contributed by atoms with van der Waals surface area (Å²) >= 11 is 1.34. The number of hydrogen-bond acceptors (Lipinski definition) is 5. The standard InChI is InChI=1S/C21H17N2O3PS/c24-27(25-18-12-6-2-7-13-18,26-19-14-8-3-9-15-19)23-21-22-20(16-28-21)17-10-4-1-5-11-17/h1-16H,(H,22,23,24). The second kappa shape index (κ2) is 8.30. The van der Waals surface area contributed by atoms with Gasteiger partial charge in [-0.1, -0.05) is 66.7 Å². The zero-order valence-electron chi connectivity index (χ0n) is 14.8. The summed E-state index contributed by atoms with van der Waals surface area (Å²) in [4.78, 5) is 4.52. The van der Waals surface area contributed by atoms with Crippen LogP contribution in [0, 0.1) is 0 Å². The summed E-state index contributed by atoms with van der Waals surface area (Å²) in [6.45, 7) is 0. The first-order chi connectivity index (χ1) is 13.7. The minimum absolute atomic E-state index is 0.439. The molecule has 5 nitrogen and oxygen atoms in total. The SMILES string of the molecule is O=P(Nc1nc(-c2ccccc2)cs1)(Oc1ccccc1)Oc1ccccc1.